The number of hydrogen-bond donors (Lipinski definition) is 0. The monoisotopic (exact) mass is 380 g/mol. The first-order chi connectivity index (χ1) is 12.5. The highest BCUT2D eigenvalue weighted by Crippen LogP contribution is 2.27. The van der Waals surface area contributed by atoms with Crippen LogP contribution in [0.3, 0.4) is 0 Å². The predicted octanol–water partition coefficient (Wildman–Crippen LogP) is 2.00. The number of benzene rings is 1. The topological polar surface area (TPSA) is 109 Å². The lowest BCUT2D eigenvalue weighted by atomic mass is 10.1. The molecule has 1 fully saturated rings. The van der Waals surface area contributed by atoms with E-state index in [2.05, 4.69) is 10.1 Å². The first-order valence-electron chi connectivity index (χ1n) is 8.37. The van der Waals surface area contributed by atoms with Gasteiger partial charge in [0, 0.05) is 6.42 Å². The SMILES string of the molecule is CCOc1ccccc1-c1noc(COC(=O)CC2CCS(=O)(=O)C2)n1. The van der Waals surface area contributed by atoms with Gasteiger partial charge in [-0.05, 0) is 31.4 Å². The number of para-hydroxylation sites is 1. The van der Waals surface area contributed by atoms with E-state index in [1.54, 1.807) is 0 Å². The maximum absolute atomic E-state index is 11.9. The van der Waals surface area contributed by atoms with Gasteiger partial charge >= 0.3 is 5.97 Å². The Hall–Kier alpha value is -2.42. The Morgan fingerprint density at radius 3 is 2.88 bits per heavy atom. The molecule has 3 rings (SSSR count). The van der Waals surface area contributed by atoms with Crippen molar-refractivity contribution in [3.63, 3.8) is 0 Å². The molecule has 2 heterocycles. The molecular formula is C17H20N2O6S. The molecule has 0 aliphatic carbocycles. The maximum Gasteiger partial charge on any atom is 0.306 e. The minimum absolute atomic E-state index is 0.0427. The molecule has 26 heavy (non-hydrogen) atoms. The molecule has 8 nitrogen and oxygen atoms in total. The van der Waals surface area contributed by atoms with Gasteiger partial charge in [0.25, 0.3) is 5.89 Å². The number of carbonyl (C=O) groups excluding carboxylic acids is 1. The van der Waals surface area contributed by atoms with E-state index in [9.17, 15) is 13.2 Å². The van der Waals surface area contributed by atoms with Crippen LogP contribution < -0.4 is 4.74 Å². The van der Waals surface area contributed by atoms with Gasteiger partial charge in [0.15, 0.2) is 16.4 Å². The van der Waals surface area contributed by atoms with Crippen LogP contribution in [-0.2, 0) is 26.0 Å². The molecule has 2 aromatic rings. The third-order valence-electron chi connectivity index (χ3n) is 4.03. The Morgan fingerprint density at radius 2 is 2.15 bits per heavy atom. The molecule has 1 aromatic carbocycles. The predicted molar refractivity (Wildman–Crippen MR) is 92.1 cm³/mol. The molecule has 1 aromatic heterocycles. The fourth-order valence-corrected chi connectivity index (χ4v) is 4.69. The van der Waals surface area contributed by atoms with Crippen LogP contribution in [0.4, 0.5) is 0 Å². The number of sulfone groups is 1. The minimum atomic E-state index is -3.00. The summed E-state index contributed by atoms with van der Waals surface area (Å²) in [5.41, 5.74) is 0.687. The van der Waals surface area contributed by atoms with Gasteiger partial charge in [-0.25, -0.2) is 8.42 Å². The van der Waals surface area contributed by atoms with E-state index in [-0.39, 0.29) is 36.3 Å². The van der Waals surface area contributed by atoms with Gasteiger partial charge in [-0.1, -0.05) is 17.3 Å². The summed E-state index contributed by atoms with van der Waals surface area (Å²) in [4.78, 5) is 16.1. The highest BCUT2D eigenvalue weighted by molar-refractivity contribution is 7.91. The standard InChI is InChI=1S/C17H20N2O6S/c1-2-23-14-6-4-3-5-13(14)17-18-15(25-19-17)10-24-16(20)9-12-7-8-26(21,22)11-12/h3-6,12H,2,7-11H2,1H3. The quantitative estimate of drug-likeness (QED) is 0.671. The summed E-state index contributed by atoms with van der Waals surface area (Å²) in [5.74, 6) is 0.686. The molecule has 0 radical (unpaired) electrons. The van der Waals surface area contributed by atoms with Gasteiger partial charge in [-0.3, -0.25) is 4.79 Å². The highest BCUT2D eigenvalue weighted by Gasteiger charge is 2.30. The Balaban J connectivity index is 1.57. The van der Waals surface area contributed by atoms with Crippen molar-refractivity contribution >= 4 is 15.8 Å². The van der Waals surface area contributed by atoms with Crippen molar-refractivity contribution in [1.82, 2.24) is 10.1 Å². The smallest absolute Gasteiger partial charge is 0.306 e. The molecular weight excluding hydrogens is 360 g/mol. The summed E-state index contributed by atoms with van der Waals surface area (Å²) in [6.45, 7) is 2.24. The lowest BCUT2D eigenvalue weighted by Gasteiger charge is -2.06. The number of rotatable bonds is 7. The van der Waals surface area contributed by atoms with Gasteiger partial charge in [-0.2, -0.15) is 4.98 Å². The van der Waals surface area contributed by atoms with Crippen molar-refractivity contribution in [2.75, 3.05) is 18.1 Å². The van der Waals surface area contributed by atoms with Crippen LogP contribution in [0.2, 0.25) is 0 Å². The second-order valence-electron chi connectivity index (χ2n) is 6.07. The zero-order valence-corrected chi connectivity index (χ0v) is 15.2. The van der Waals surface area contributed by atoms with Crippen LogP contribution in [0.1, 0.15) is 25.7 Å². The molecule has 9 heteroatoms. The lowest BCUT2D eigenvalue weighted by molar-refractivity contribution is -0.146. The van der Waals surface area contributed by atoms with E-state index >= 15 is 0 Å². The van der Waals surface area contributed by atoms with Crippen LogP contribution >= 0.6 is 0 Å². The van der Waals surface area contributed by atoms with E-state index in [1.165, 1.54) is 0 Å². The molecule has 1 aliphatic heterocycles. The van der Waals surface area contributed by atoms with E-state index in [0.29, 0.717) is 30.2 Å². The van der Waals surface area contributed by atoms with Crippen LogP contribution in [0.5, 0.6) is 5.75 Å². The van der Waals surface area contributed by atoms with Crippen LogP contribution in [0.15, 0.2) is 28.8 Å². The van der Waals surface area contributed by atoms with Gasteiger partial charge in [0.1, 0.15) is 5.75 Å². The molecule has 0 spiro atoms. The summed E-state index contributed by atoms with van der Waals surface area (Å²) in [5, 5.41) is 3.89. The molecule has 0 amide bonds. The first kappa shape index (κ1) is 18.4. The highest BCUT2D eigenvalue weighted by atomic mass is 32.2. The normalized spacial score (nSPS) is 18.6. The van der Waals surface area contributed by atoms with Gasteiger partial charge in [-0.15, -0.1) is 0 Å². The first-order valence-corrected chi connectivity index (χ1v) is 10.2. The van der Waals surface area contributed by atoms with Crippen molar-refractivity contribution in [3.8, 4) is 17.1 Å². The number of ether oxygens (including phenoxy) is 2. The zero-order chi connectivity index (χ0) is 18.6. The summed E-state index contributed by atoms with van der Waals surface area (Å²) < 4.78 is 38.6. The number of nitrogens with zero attached hydrogens (tertiary/aromatic N) is 2. The van der Waals surface area contributed by atoms with E-state index < -0.39 is 15.8 Å². The molecule has 1 unspecified atom stereocenters. The summed E-state index contributed by atoms with van der Waals surface area (Å²) in [6.07, 6.45) is 0.573. The Kier molecular flexibility index (Phi) is 5.55. The molecule has 0 saturated carbocycles. The zero-order valence-electron chi connectivity index (χ0n) is 14.4. The maximum atomic E-state index is 11.9. The molecule has 1 atom stereocenters. The molecule has 140 valence electrons. The molecule has 1 saturated heterocycles. The van der Waals surface area contributed by atoms with Crippen molar-refractivity contribution in [1.29, 1.82) is 0 Å². The van der Waals surface area contributed by atoms with E-state index in [4.69, 9.17) is 14.0 Å². The van der Waals surface area contributed by atoms with Crippen molar-refractivity contribution in [2.24, 2.45) is 5.92 Å². The van der Waals surface area contributed by atoms with Crippen LogP contribution in [0.25, 0.3) is 11.4 Å². The van der Waals surface area contributed by atoms with Crippen LogP contribution in [-0.4, -0.2) is 42.6 Å². The molecule has 0 N–H and O–H groups in total. The van der Waals surface area contributed by atoms with E-state index in [0.717, 1.165) is 0 Å². The van der Waals surface area contributed by atoms with E-state index in [1.807, 2.05) is 31.2 Å². The average Bonchev–Trinajstić information content (AvgIpc) is 3.20. The molecule has 0 bridgehead atoms. The summed E-state index contributed by atoms with van der Waals surface area (Å²) in [6, 6.07) is 7.31. The number of carbonyl (C=O) groups is 1. The number of hydrogen-bond acceptors (Lipinski definition) is 8. The third kappa shape index (κ3) is 4.60. The lowest BCUT2D eigenvalue weighted by Crippen LogP contribution is -2.13. The second kappa shape index (κ2) is 7.86. The summed E-state index contributed by atoms with van der Waals surface area (Å²) in [7, 11) is -3.00. The van der Waals surface area contributed by atoms with Gasteiger partial charge in [0.05, 0.1) is 23.7 Å². The van der Waals surface area contributed by atoms with Gasteiger partial charge < -0.3 is 14.0 Å². The number of esters is 1. The Bertz CT molecular complexity index is 877. The van der Waals surface area contributed by atoms with Crippen molar-refractivity contribution in [2.45, 2.75) is 26.4 Å². The fraction of sp³-hybridized carbons (Fsp3) is 0.471. The van der Waals surface area contributed by atoms with Crippen molar-refractivity contribution in [3.05, 3.63) is 30.2 Å². The largest absolute Gasteiger partial charge is 0.493 e. The van der Waals surface area contributed by atoms with Crippen LogP contribution in [0, 0.1) is 5.92 Å². The van der Waals surface area contributed by atoms with Crippen molar-refractivity contribution < 1.29 is 27.2 Å². The second-order valence-corrected chi connectivity index (χ2v) is 8.30. The van der Waals surface area contributed by atoms with Gasteiger partial charge in [0.2, 0.25) is 5.82 Å². The summed E-state index contributed by atoms with van der Waals surface area (Å²) >= 11 is 0. The third-order valence-corrected chi connectivity index (χ3v) is 5.87. The minimum Gasteiger partial charge on any atom is -0.493 e. The fourth-order valence-electron chi connectivity index (χ4n) is 2.83. The number of aromatic nitrogens is 2. The molecule has 1 aliphatic rings. The Labute approximate surface area is 151 Å². The average molecular weight is 380 g/mol. The Morgan fingerprint density at radius 1 is 1.35 bits per heavy atom.